The first-order valence-corrected chi connectivity index (χ1v) is 11.4. The Morgan fingerprint density at radius 1 is 1.00 bits per heavy atom. The van der Waals surface area contributed by atoms with Gasteiger partial charge in [-0.1, -0.05) is 18.6 Å². The van der Waals surface area contributed by atoms with Crippen molar-refractivity contribution in [1.29, 1.82) is 0 Å². The molecule has 29 heavy (non-hydrogen) atoms. The summed E-state index contributed by atoms with van der Waals surface area (Å²) in [6.07, 6.45) is 3.26. The van der Waals surface area contributed by atoms with Gasteiger partial charge in [-0.3, -0.25) is 14.4 Å². The van der Waals surface area contributed by atoms with Crippen LogP contribution in [0.25, 0.3) is 0 Å². The van der Waals surface area contributed by atoms with E-state index in [1.165, 1.54) is 23.4 Å². The van der Waals surface area contributed by atoms with E-state index in [0.717, 1.165) is 19.3 Å². The first kappa shape index (κ1) is 21.4. The average Bonchev–Trinajstić information content (AvgIpc) is 2.92. The van der Waals surface area contributed by atoms with Gasteiger partial charge < -0.3 is 9.80 Å². The molecule has 0 radical (unpaired) electrons. The highest BCUT2D eigenvalue weighted by Crippen LogP contribution is 2.19. The van der Waals surface area contributed by atoms with Crippen molar-refractivity contribution in [1.82, 2.24) is 14.1 Å². The number of carbonyl (C=O) groups excluding carboxylic acids is 3. The molecule has 9 heteroatoms. The molecule has 0 aromatic heterocycles. The van der Waals surface area contributed by atoms with Crippen molar-refractivity contribution in [2.75, 3.05) is 39.3 Å². The van der Waals surface area contributed by atoms with E-state index in [2.05, 4.69) is 0 Å². The molecule has 0 atom stereocenters. The maximum absolute atomic E-state index is 12.9. The largest absolute Gasteiger partial charge is 0.339 e. The lowest BCUT2D eigenvalue weighted by Gasteiger charge is -2.35. The molecule has 1 aromatic carbocycles. The van der Waals surface area contributed by atoms with E-state index in [1.807, 2.05) is 0 Å². The Morgan fingerprint density at radius 2 is 1.72 bits per heavy atom. The Morgan fingerprint density at radius 3 is 2.41 bits per heavy atom. The molecule has 0 bridgehead atoms. The van der Waals surface area contributed by atoms with Crippen LogP contribution < -0.4 is 0 Å². The number of Topliss-reactive ketones (excluding diaryl/α,β-unsaturated/α-hetero) is 1. The molecular formula is C20H27N3O5S. The maximum atomic E-state index is 12.9. The van der Waals surface area contributed by atoms with Gasteiger partial charge in [0.15, 0.2) is 5.78 Å². The number of piperazine rings is 1. The summed E-state index contributed by atoms with van der Waals surface area (Å²) in [4.78, 5) is 39.6. The predicted octanol–water partition coefficient (Wildman–Crippen LogP) is 1.12. The van der Waals surface area contributed by atoms with E-state index in [-0.39, 0.29) is 55.2 Å². The van der Waals surface area contributed by atoms with Crippen molar-refractivity contribution < 1.29 is 22.8 Å². The van der Waals surface area contributed by atoms with Gasteiger partial charge in [0, 0.05) is 44.7 Å². The summed E-state index contributed by atoms with van der Waals surface area (Å²) in [7, 11) is -3.73. The van der Waals surface area contributed by atoms with Crippen molar-refractivity contribution in [3.05, 3.63) is 29.8 Å². The van der Waals surface area contributed by atoms with Crippen LogP contribution in [0.3, 0.4) is 0 Å². The summed E-state index contributed by atoms with van der Waals surface area (Å²) >= 11 is 0. The molecule has 2 heterocycles. The van der Waals surface area contributed by atoms with Crippen LogP contribution in [0.15, 0.2) is 29.2 Å². The lowest BCUT2D eigenvalue weighted by molar-refractivity contribution is -0.140. The third kappa shape index (κ3) is 5.02. The Labute approximate surface area is 171 Å². The standard InChI is InChI=1S/C20H27N3O5S/c1-16(24)17-6-5-7-18(14-17)29(27,28)23-12-10-21(11-13-23)20(26)15-22-9-4-2-3-8-19(22)25/h5-7,14H,2-4,8-13,15H2,1H3. The molecule has 2 aliphatic heterocycles. The van der Waals surface area contributed by atoms with Crippen molar-refractivity contribution in [2.45, 2.75) is 37.5 Å². The SMILES string of the molecule is CC(=O)c1cccc(S(=O)(=O)N2CCN(C(=O)CN3CCCCCC3=O)CC2)c1. The zero-order chi connectivity index (χ0) is 21.0. The van der Waals surface area contributed by atoms with Crippen molar-refractivity contribution in [3.8, 4) is 0 Å². The minimum Gasteiger partial charge on any atom is -0.339 e. The summed E-state index contributed by atoms with van der Waals surface area (Å²) < 4.78 is 27.1. The van der Waals surface area contributed by atoms with Crippen LogP contribution in [0.5, 0.6) is 0 Å². The highest BCUT2D eigenvalue weighted by molar-refractivity contribution is 7.89. The van der Waals surface area contributed by atoms with E-state index in [4.69, 9.17) is 0 Å². The highest BCUT2D eigenvalue weighted by Gasteiger charge is 2.31. The Bertz CT molecular complexity index is 891. The van der Waals surface area contributed by atoms with Gasteiger partial charge in [0.1, 0.15) is 0 Å². The van der Waals surface area contributed by atoms with Gasteiger partial charge in [-0.2, -0.15) is 4.31 Å². The summed E-state index contributed by atoms with van der Waals surface area (Å²) in [5.74, 6) is -0.321. The molecule has 2 fully saturated rings. The van der Waals surface area contributed by atoms with E-state index in [9.17, 15) is 22.8 Å². The number of benzene rings is 1. The van der Waals surface area contributed by atoms with Crippen LogP contribution in [-0.2, 0) is 19.6 Å². The molecule has 0 unspecified atom stereocenters. The quantitative estimate of drug-likeness (QED) is 0.664. The number of rotatable bonds is 5. The molecule has 0 aliphatic carbocycles. The third-order valence-electron chi connectivity index (χ3n) is 5.47. The topological polar surface area (TPSA) is 95.1 Å². The Hall–Kier alpha value is -2.26. The lowest BCUT2D eigenvalue weighted by atomic mass is 10.2. The van der Waals surface area contributed by atoms with Crippen molar-refractivity contribution >= 4 is 27.6 Å². The number of hydrogen-bond donors (Lipinski definition) is 0. The second kappa shape index (κ2) is 9.04. The number of amides is 2. The number of hydrogen-bond acceptors (Lipinski definition) is 5. The Balaban J connectivity index is 1.60. The fourth-order valence-corrected chi connectivity index (χ4v) is 5.14. The second-order valence-corrected chi connectivity index (χ2v) is 9.43. The predicted molar refractivity (Wildman–Crippen MR) is 107 cm³/mol. The number of likely N-dealkylation sites (tertiary alicyclic amines) is 1. The van der Waals surface area contributed by atoms with Crippen LogP contribution in [0.1, 0.15) is 43.0 Å². The summed E-state index contributed by atoms with van der Waals surface area (Å²) in [5.41, 5.74) is 0.349. The molecule has 1 aromatic rings. The smallest absolute Gasteiger partial charge is 0.243 e. The van der Waals surface area contributed by atoms with E-state index in [0.29, 0.717) is 18.5 Å². The number of ketones is 1. The van der Waals surface area contributed by atoms with Crippen LogP contribution in [0.4, 0.5) is 0 Å². The Kier molecular flexibility index (Phi) is 6.69. The lowest BCUT2D eigenvalue weighted by Crippen LogP contribution is -2.53. The zero-order valence-corrected chi connectivity index (χ0v) is 17.5. The molecular weight excluding hydrogens is 394 g/mol. The van der Waals surface area contributed by atoms with Crippen LogP contribution in [0, 0.1) is 0 Å². The molecule has 2 aliphatic rings. The van der Waals surface area contributed by atoms with Gasteiger partial charge in [-0.05, 0) is 31.9 Å². The summed E-state index contributed by atoms with van der Waals surface area (Å²) in [6, 6.07) is 6.01. The molecule has 0 saturated carbocycles. The van der Waals surface area contributed by atoms with Gasteiger partial charge >= 0.3 is 0 Å². The maximum Gasteiger partial charge on any atom is 0.243 e. The fourth-order valence-electron chi connectivity index (χ4n) is 3.67. The number of carbonyl (C=O) groups is 3. The minimum atomic E-state index is -3.73. The van der Waals surface area contributed by atoms with Gasteiger partial charge in [-0.25, -0.2) is 8.42 Å². The van der Waals surface area contributed by atoms with Gasteiger partial charge in [0.05, 0.1) is 11.4 Å². The van der Waals surface area contributed by atoms with Crippen LogP contribution >= 0.6 is 0 Å². The molecule has 0 spiro atoms. The van der Waals surface area contributed by atoms with Gasteiger partial charge in [0.25, 0.3) is 0 Å². The monoisotopic (exact) mass is 421 g/mol. The first-order valence-electron chi connectivity index (χ1n) is 9.96. The molecule has 3 rings (SSSR count). The third-order valence-corrected chi connectivity index (χ3v) is 7.36. The van der Waals surface area contributed by atoms with Crippen molar-refractivity contribution in [3.63, 3.8) is 0 Å². The normalized spacial score (nSPS) is 19.1. The highest BCUT2D eigenvalue weighted by atomic mass is 32.2. The average molecular weight is 422 g/mol. The van der Waals surface area contributed by atoms with Crippen LogP contribution in [0.2, 0.25) is 0 Å². The zero-order valence-electron chi connectivity index (χ0n) is 16.7. The molecule has 0 N–H and O–H groups in total. The van der Waals surface area contributed by atoms with E-state index >= 15 is 0 Å². The van der Waals surface area contributed by atoms with Gasteiger partial charge in [-0.15, -0.1) is 0 Å². The summed E-state index contributed by atoms with van der Waals surface area (Å²) in [6.45, 7) is 3.00. The molecule has 2 saturated heterocycles. The molecule has 158 valence electrons. The van der Waals surface area contributed by atoms with E-state index in [1.54, 1.807) is 21.9 Å². The van der Waals surface area contributed by atoms with Gasteiger partial charge in [0.2, 0.25) is 21.8 Å². The number of sulfonamides is 1. The van der Waals surface area contributed by atoms with E-state index < -0.39 is 10.0 Å². The number of nitrogens with zero attached hydrogens (tertiary/aromatic N) is 3. The first-order chi connectivity index (χ1) is 13.8. The second-order valence-electron chi connectivity index (χ2n) is 7.49. The minimum absolute atomic E-state index is 0.0161. The molecule has 8 nitrogen and oxygen atoms in total. The summed E-state index contributed by atoms with van der Waals surface area (Å²) in [5, 5.41) is 0. The van der Waals surface area contributed by atoms with Crippen molar-refractivity contribution in [2.24, 2.45) is 0 Å². The van der Waals surface area contributed by atoms with Crippen LogP contribution in [-0.4, -0.2) is 79.4 Å². The fraction of sp³-hybridized carbons (Fsp3) is 0.550. The molecule has 2 amide bonds.